The van der Waals surface area contributed by atoms with Gasteiger partial charge >= 0.3 is 0 Å². The van der Waals surface area contributed by atoms with E-state index >= 15 is 0 Å². The summed E-state index contributed by atoms with van der Waals surface area (Å²) >= 11 is 0. The normalized spacial score (nSPS) is 27.1. The predicted molar refractivity (Wildman–Crippen MR) is 158 cm³/mol. The molecule has 4 aliphatic rings. The molecule has 42 heavy (non-hydrogen) atoms. The lowest BCUT2D eigenvalue weighted by Gasteiger charge is -2.38. The number of carbonyl (C=O) groups excluding carboxylic acids is 4. The predicted octanol–water partition coefficient (Wildman–Crippen LogP) is 1.18. The maximum Gasteiger partial charge on any atom is 0.272 e. The molecule has 230 valence electrons. The number of nitrogens with two attached hydrogens (primary N) is 2. The van der Waals surface area contributed by atoms with Crippen LogP contribution in [0.1, 0.15) is 72.3 Å². The van der Waals surface area contributed by atoms with E-state index in [9.17, 15) is 19.2 Å². The van der Waals surface area contributed by atoms with Crippen LogP contribution in [0.15, 0.2) is 18.2 Å². The molecule has 2 aliphatic heterocycles. The van der Waals surface area contributed by atoms with E-state index in [0.29, 0.717) is 77.3 Å². The highest BCUT2D eigenvalue weighted by atomic mass is 16.2. The van der Waals surface area contributed by atoms with E-state index in [1.54, 1.807) is 28.0 Å². The second-order valence-electron chi connectivity index (χ2n) is 12.5. The number of nitrogens with zero attached hydrogens (tertiary/aromatic N) is 5. The average Bonchev–Trinajstić information content (AvgIpc) is 3.07. The first-order valence-electron chi connectivity index (χ1n) is 15.9. The number of hydrogen-bond donors (Lipinski definition) is 2. The number of rotatable bonds is 6. The summed E-state index contributed by atoms with van der Waals surface area (Å²) in [5.74, 6) is 1.15. The van der Waals surface area contributed by atoms with E-state index in [1.165, 1.54) is 0 Å². The van der Waals surface area contributed by atoms with Gasteiger partial charge in [-0.3, -0.25) is 19.2 Å². The van der Waals surface area contributed by atoms with Gasteiger partial charge in [0.15, 0.2) is 0 Å². The molecule has 1 aromatic rings. The van der Waals surface area contributed by atoms with E-state index in [-0.39, 0.29) is 46.9 Å². The Hall–Kier alpha value is -3.05. The van der Waals surface area contributed by atoms with Crippen LogP contribution in [0.4, 0.5) is 0 Å². The third-order valence-corrected chi connectivity index (χ3v) is 10.0. The maximum absolute atomic E-state index is 13.3. The monoisotopic (exact) mass is 581 g/mol. The van der Waals surface area contributed by atoms with Crippen molar-refractivity contribution in [1.82, 2.24) is 24.6 Å². The van der Waals surface area contributed by atoms with Crippen molar-refractivity contribution >= 4 is 23.6 Å². The first kappa shape index (κ1) is 30.4. The van der Waals surface area contributed by atoms with E-state index in [2.05, 4.69) is 4.98 Å². The van der Waals surface area contributed by atoms with Crippen molar-refractivity contribution in [3.63, 3.8) is 0 Å². The van der Waals surface area contributed by atoms with Gasteiger partial charge in [-0.05, 0) is 88.4 Å². The molecule has 3 heterocycles. The van der Waals surface area contributed by atoms with E-state index < -0.39 is 0 Å². The number of piperazine rings is 2. The minimum Gasteiger partial charge on any atom is -0.339 e. The summed E-state index contributed by atoms with van der Waals surface area (Å²) in [5, 5.41) is 0. The third kappa shape index (κ3) is 6.94. The van der Waals surface area contributed by atoms with Crippen molar-refractivity contribution in [2.75, 3.05) is 65.4 Å². The molecule has 0 unspecified atom stereocenters. The van der Waals surface area contributed by atoms with Crippen molar-refractivity contribution in [3.05, 3.63) is 29.6 Å². The Morgan fingerprint density at radius 3 is 1.24 bits per heavy atom. The fraction of sp³-hybridized carbons (Fsp3) is 0.710. The lowest BCUT2D eigenvalue weighted by atomic mass is 9.81. The van der Waals surface area contributed by atoms with Gasteiger partial charge in [0, 0.05) is 64.2 Å². The van der Waals surface area contributed by atoms with Gasteiger partial charge in [-0.2, -0.15) is 0 Å². The summed E-state index contributed by atoms with van der Waals surface area (Å²) < 4.78 is 0. The number of aromatic nitrogens is 1. The molecule has 4 N–H and O–H groups in total. The van der Waals surface area contributed by atoms with Crippen molar-refractivity contribution in [2.45, 2.75) is 51.4 Å². The molecule has 4 amide bonds. The van der Waals surface area contributed by atoms with Crippen LogP contribution in [-0.4, -0.2) is 114 Å². The smallest absolute Gasteiger partial charge is 0.272 e. The highest BCUT2D eigenvalue weighted by Gasteiger charge is 2.34. The van der Waals surface area contributed by atoms with Crippen LogP contribution in [-0.2, 0) is 9.59 Å². The van der Waals surface area contributed by atoms with Crippen molar-refractivity contribution in [1.29, 1.82) is 0 Å². The van der Waals surface area contributed by atoms with Gasteiger partial charge in [0.1, 0.15) is 11.4 Å². The molecule has 2 saturated heterocycles. The molecular weight excluding hydrogens is 534 g/mol. The largest absolute Gasteiger partial charge is 0.339 e. The Kier molecular flexibility index (Phi) is 10.1. The van der Waals surface area contributed by atoms with Crippen molar-refractivity contribution in [2.24, 2.45) is 35.1 Å². The average molecular weight is 582 g/mol. The molecule has 0 bridgehead atoms. The van der Waals surface area contributed by atoms with Crippen LogP contribution in [0.2, 0.25) is 0 Å². The second kappa shape index (κ2) is 13.9. The molecule has 0 aromatic carbocycles. The van der Waals surface area contributed by atoms with Gasteiger partial charge < -0.3 is 31.1 Å². The third-order valence-electron chi connectivity index (χ3n) is 10.0. The highest BCUT2D eigenvalue weighted by Crippen LogP contribution is 2.31. The lowest BCUT2D eigenvalue weighted by Crippen LogP contribution is -2.52. The summed E-state index contributed by atoms with van der Waals surface area (Å²) in [4.78, 5) is 64.3. The van der Waals surface area contributed by atoms with Crippen LogP contribution in [0.25, 0.3) is 0 Å². The minimum atomic E-state index is -0.222. The molecule has 4 fully saturated rings. The molecule has 11 heteroatoms. The van der Waals surface area contributed by atoms with Crippen LogP contribution < -0.4 is 11.5 Å². The van der Waals surface area contributed by atoms with E-state index in [0.717, 1.165) is 51.4 Å². The molecule has 0 atom stereocenters. The van der Waals surface area contributed by atoms with Crippen LogP contribution in [0, 0.1) is 23.7 Å². The Balaban J connectivity index is 1.09. The number of hydrogen-bond acceptors (Lipinski definition) is 7. The fourth-order valence-corrected chi connectivity index (χ4v) is 7.06. The summed E-state index contributed by atoms with van der Waals surface area (Å²) in [7, 11) is 0. The molecular formula is C31H47N7O4. The fourth-order valence-electron chi connectivity index (χ4n) is 7.06. The number of amides is 4. The summed E-state index contributed by atoms with van der Waals surface area (Å²) in [5.41, 5.74) is 12.1. The van der Waals surface area contributed by atoms with Crippen LogP contribution >= 0.6 is 0 Å². The summed E-state index contributed by atoms with van der Waals surface area (Å²) in [6.45, 7) is 5.23. The molecule has 11 nitrogen and oxygen atoms in total. The topological polar surface area (TPSA) is 146 Å². The van der Waals surface area contributed by atoms with Crippen LogP contribution in [0.3, 0.4) is 0 Å². The Morgan fingerprint density at radius 1 is 0.571 bits per heavy atom. The summed E-state index contributed by atoms with van der Waals surface area (Å²) in [6, 6.07) is 4.98. The van der Waals surface area contributed by atoms with Gasteiger partial charge in [0.25, 0.3) is 11.8 Å². The second-order valence-corrected chi connectivity index (χ2v) is 12.5. The van der Waals surface area contributed by atoms with Gasteiger partial charge in [0.05, 0.1) is 0 Å². The Morgan fingerprint density at radius 2 is 0.905 bits per heavy atom. The van der Waals surface area contributed by atoms with Crippen molar-refractivity contribution in [3.8, 4) is 0 Å². The maximum atomic E-state index is 13.3. The van der Waals surface area contributed by atoms with Crippen molar-refractivity contribution < 1.29 is 19.2 Å². The molecule has 5 rings (SSSR count). The first-order valence-corrected chi connectivity index (χ1v) is 15.9. The number of pyridine rings is 1. The zero-order chi connectivity index (χ0) is 29.6. The standard InChI is InChI=1S/C31H47N7O4/c32-20-22-4-8-24(9-5-22)28(39)35-12-16-37(17-13-35)30(41)26-2-1-3-27(34-26)31(42)38-18-14-36(15-19-38)29(40)25-10-6-23(21-33)7-11-25/h1-3,22-25H,4-21,32-33H2. The van der Waals surface area contributed by atoms with E-state index in [4.69, 9.17) is 11.5 Å². The van der Waals surface area contributed by atoms with Gasteiger partial charge in [0.2, 0.25) is 11.8 Å². The first-order chi connectivity index (χ1) is 20.4. The number of carbonyl (C=O) groups is 4. The Labute approximate surface area is 248 Å². The lowest BCUT2D eigenvalue weighted by molar-refractivity contribution is -0.139. The van der Waals surface area contributed by atoms with E-state index in [1.807, 2.05) is 9.80 Å². The molecule has 2 saturated carbocycles. The van der Waals surface area contributed by atoms with Crippen LogP contribution in [0.5, 0.6) is 0 Å². The Bertz CT molecular complexity index is 1030. The highest BCUT2D eigenvalue weighted by molar-refractivity contribution is 5.96. The van der Waals surface area contributed by atoms with Gasteiger partial charge in [-0.15, -0.1) is 0 Å². The minimum absolute atomic E-state index is 0.0655. The molecule has 1 aromatic heterocycles. The quantitative estimate of drug-likeness (QED) is 0.513. The zero-order valence-corrected chi connectivity index (χ0v) is 24.8. The molecule has 0 radical (unpaired) electrons. The molecule has 2 aliphatic carbocycles. The zero-order valence-electron chi connectivity index (χ0n) is 24.8. The van der Waals surface area contributed by atoms with Gasteiger partial charge in [-0.25, -0.2) is 4.98 Å². The molecule has 0 spiro atoms. The summed E-state index contributed by atoms with van der Waals surface area (Å²) in [6.07, 6.45) is 7.62. The SMILES string of the molecule is NCC1CCC(C(=O)N2CCN(C(=O)c3cccc(C(=O)N4CCN(C(=O)C5CCC(CN)CC5)CC4)n3)CC2)CC1. The van der Waals surface area contributed by atoms with Gasteiger partial charge in [-0.1, -0.05) is 6.07 Å².